The molecule has 2 nitrogen and oxygen atoms in total. The number of rotatable bonds is 4. The predicted molar refractivity (Wildman–Crippen MR) is 84.2 cm³/mol. The van der Waals surface area contributed by atoms with Crippen molar-refractivity contribution in [3.05, 3.63) is 64.2 Å². The van der Waals surface area contributed by atoms with Gasteiger partial charge in [0.2, 0.25) is 0 Å². The van der Waals surface area contributed by atoms with Crippen LogP contribution >= 0.6 is 0 Å². The quantitative estimate of drug-likeness (QED) is 0.673. The first-order chi connectivity index (χ1) is 9.58. The van der Waals surface area contributed by atoms with Crippen LogP contribution in [0.15, 0.2) is 36.4 Å². The van der Waals surface area contributed by atoms with Crippen LogP contribution < -0.4 is 5.73 Å². The third-order valence-electron chi connectivity index (χ3n) is 3.85. The summed E-state index contributed by atoms with van der Waals surface area (Å²) in [5.74, 6) is 0.0483. The predicted octanol–water partition coefficient (Wildman–Crippen LogP) is 3.93. The van der Waals surface area contributed by atoms with E-state index in [1.165, 1.54) is 11.1 Å². The maximum absolute atomic E-state index is 12.6. The zero-order chi connectivity index (χ0) is 14.7. The molecule has 2 aromatic rings. The highest BCUT2D eigenvalue weighted by atomic mass is 16.1. The van der Waals surface area contributed by atoms with Gasteiger partial charge in [-0.1, -0.05) is 38.1 Å². The molecule has 2 aromatic carbocycles. The average Bonchev–Trinajstić information content (AvgIpc) is 2.48. The van der Waals surface area contributed by atoms with Crippen molar-refractivity contribution >= 4 is 11.5 Å². The van der Waals surface area contributed by atoms with E-state index < -0.39 is 0 Å². The number of nitrogen functional groups attached to an aromatic ring is 1. The molecule has 0 aliphatic rings. The first kappa shape index (κ1) is 14.3. The lowest BCUT2D eigenvalue weighted by atomic mass is 9.94. The fourth-order valence-corrected chi connectivity index (χ4v) is 2.50. The van der Waals surface area contributed by atoms with Crippen molar-refractivity contribution in [3.8, 4) is 0 Å². The van der Waals surface area contributed by atoms with Crippen LogP contribution in [0.3, 0.4) is 0 Å². The van der Waals surface area contributed by atoms with E-state index in [0.29, 0.717) is 11.3 Å². The molecular formula is C18H21NO. The molecule has 20 heavy (non-hydrogen) atoms. The van der Waals surface area contributed by atoms with Crippen LogP contribution in [0.25, 0.3) is 0 Å². The normalized spacial score (nSPS) is 10.6. The molecule has 0 amide bonds. The van der Waals surface area contributed by atoms with Crippen LogP contribution in [0.2, 0.25) is 0 Å². The molecule has 0 heterocycles. The molecule has 0 aromatic heterocycles. The molecule has 0 radical (unpaired) electrons. The molecule has 0 saturated heterocycles. The van der Waals surface area contributed by atoms with Gasteiger partial charge in [-0.3, -0.25) is 4.79 Å². The second-order valence-corrected chi connectivity index (χ2v) is 5.04. The fourth-order valence-electron chi connectivity index (χ4n) is 2.50. The summed E-state index contributed by atoms with van der Waals surface area (Å²) in [6.07, 6.45) is 1.94. The highest BCUT2D eigenvalue weighted by molar-refractivity contribution is 6.10. The van der Waals surface area contributed by atoms with Crippen molar-refractivity contribution in [2.24, 2.45) is 0 Å². The van der Waals surface area contributed by atoms with E-state index in [1.807, 2.05) is 37.3 Å². The van der Waals surface area contributed by atoms with E-state index >= 15 is 0 Å². The largest absolute Gasteiger partial charge is 0.398 e. The molecule has 2 heteroatoms. The standard InChI is InChI=1S/C18H21NO/c1-4-13-9-10-15(11-14(13)5-2)18(20)16-7-6-8-17(19)12(16)3/h6-11H,4-5,19H2,1-3H3. The van der Waals surface area contributed by atoms with Crippen LogP contribution in [0.4, 0.5) is 5.69 Å². The van der Waals surface area contributed by atoms with Crippen LogP contribution in [0, 0.1) is 6.92 Å². The molecule has 104 valence electrons. The Labute approximate surface area is 120 Å². The first-order valence-electron chi connectivity index (χ1n) is 7.10. The summed E-state index contributed by atoms with van der Waals surface area (Å²) in [5, 5.41) is 0. The van der Waals surface area contributed by atoms with Crippen molar-refractivity contribution in [2.45, 2.75) is 33.6 Å². The minimum Gasteiger partial charge on any atom is -0.398 e. The summed E-state index contributed by atoms with van der Waals surface area (Å²) in [6, 6.07) is 11.5. The number of carbonyl (C=O) groups excluding carboxylic acids is 1. The molecule has 2 N–H and O–H groups in total. The third-order valence-corrected chi connectivity index (χ3v) is 3.85. The smallest absolute Gasteiger partial charge is 0.193 e. The fraction of sp³-hybridized carbons (Fsp3) is 0.278. The first-order valence-corrected chi connectivity index (χ1v) is 7.10. The minimum atomic E-state index is 0.0483. The van der Waals surface area contributed by atoms with Gasteiger partial charge in [-0.15, -0.1) is 0 Å². The Morgan fingerprint density at radius 2 is 1.75 bits per heavy atom. The Bertz CT molecular complexity index is 644. The van der Waals surface area contributed by atoms with E-state index in [2.05, 4.69) is 19.9 Å². The maximum atomic E-state index is 12.6. The summed E-state index contributed by atoms with van der Waals surface area (Å²) in [6.45, 7) is 6.15. The number of ketones is 1. The lowest BCUT2D eigenvalue weighted by Gasteiger charge is -2.11. The number of anilines is 1. The number of aryl methyl sites for hydroxylation is 2. The van der Waals surface area contributed by atoms with Gasteiger partial charge < -0.3 is 5.73 Å². The summed E-state index contributed by atoms with van der Waals surface area (Å²) in [5.41, 5.74) is 11.4. The summed E-state index contributed by atoms with van der Waals surface area (Å²) in [4.78, 5) is 12.6. The number of benzene rings is 2. The van der Waals surface area contributed by atoms with Gasteiger partial charge in [0.1, 0.15) is 0 Å². The Morgan fingerprint density at radius 1 is 1.05 bits per heavy atom. The van der Waals surface area contributed by atoms with Crippen molar-refractivity contribution in [3.63, 3.8) is 0 Å². The number of carbonyl (C=O) groups is 1. The minimum absolute atomic E-state index is 0.0483. The molecular weight excluding hydrogens is 246 g/mol. The van der Waals surface area contributed by atoms with E-state index in [1.54, 1.807) is 0 Å². The molecule has 0 fully saturated rings. The van der Waals surface area contributed by atoms with Crippen molar-refractivity contribution in [2.75, 3.05) is 5.73 Å². The van der Waals surface area contributed by atoms with Crippen LogP contribution in [0.5, 0.6) is 0 Å². The van der Waals surface area contributed by atoms with Gasteiger partial charge in [-0.05, 0) is 48.6 Å². The molecule has 0 aliphatic carbocycles. The van der Waals surface area contributed by atoms with E-state index in [9.17, 15) is 4.79 Å². The van der Waals surface area contributed by atoms with Gasteiger partial charge in [0.15, 0.2) is 5.78 Å². The third kappa shape index (κ3) is 2.60. The summed E-state index contributed by atoms with van der Waals surface area (Å²) < 4.78 is 0. The van der Waals surface area contributed by atoms with Crippen molar-refractivity contribution < 1.29 is 4.79 Å². The highest BCUT2D eigenvalue weighted by Gasteiger charge is 2.14. The Hall–Kier alpha value is -2.09. The molecule has 2 rings (SSSR count). The number of hydrogen-bond donors (Lipinski definition) is 1. The topological polar surface area (TPSA) is 43.1 Å². The van der Waals surface area contributed by atoms with Crippen LogP contribution in [0.1, 0.15) is 46.5 Å². The second kappa shape index (κ2) is 5.91. The molecule has 0 spiro atoms. The molecule has 0 unspecified atom stereocenters. The Kier molecular flexibility index (Phi) is 4.23. The Balaban J connectivity index is 2.46. The maximum Gasteiger partial charge on any atom is 0.193 e. The average molecular weight is 267 g/mol. The number of nitrogens with two attached hydrogens (primary N) is 1. The highest BCUT2D eigenvalue weighted by Crippen LogP contribution is 2.21. The number of hydrogen-bond acceptors (Lipinski definition) is 2. The molecule has 0 atom stereocenters. The summed E-state index contributed by atoms with van der Waals surface area (Å²) >= 11 is 0. The lowest BCUT2D eigenvalue weighted by Crippen LogP contribution is -2.07. The van der Waals surface area contributed by atoms with E-state index in [-0.39, 0.29) is 5.78 Å². The lowest BCUT2D eigenvalue weighted by molar-refractivity contribution is 0.103. The van der Waals surface area contributed by atoms with Gasteiger partial charge in [-0.2, -0.15) is 0 Å². The molecule has 0 bridgehead atoms. The molecule has 0 aliphatic heterocycles. The molecule has 0 saturated carbocycles. The van der Waals surface area contributed by atoms with Crippen molar-refractivity contribution in [1.29, 1.82) is 0 Å². The monoisotopic (exact) mass is 267 g/mol. The summed E-state index contributed by atoms with van der Waals surface area (Å²) in [7, 11) is 0. The van der Waals surface area contributed by atoms with Crippen LogP contribution in [-0.2, 0) is 12.8 Å². The van der Waals surface area contributed by atoms with E-state index in [4.69, 9.17) is 5.73 Å². The van der Waals surface area contributed by atoms with Crippen molar-refractivity contribution in [1.82, 2.24) is 0 Å². The van der Waals surface area contributed by atoms with Gasteiger partial charge in [0.05, 0.1) is 0 Å². The van der Waals surface area contributed by atoms with Gasteiger partial charge in [0, 0.05) is 16.8 Å². The zero-order valence-electron chi connectivity index (χ0n) is 12.4. The van der Waals surface area contributed by atoms with E-state index in [0.717, 1.165) is 24.0 Å². The van der Waals surface area contributed by atoms with Gasteiger partial charge in [-0.25, -0.2) is 0 Å². The van der Waals surface area contributed by atoms with Crippen LogP contribution in [-0.4, -0.2) is 5.78 Å². The van der Waals surface area contributed by atoms with Gasteiger partial charge >= 0.3 is 0 Å². The SMILES string of the molecule is CCc1ccc(C(=O)c2cccc(N)c2C)cc1CC. The second-order valence-electron chi connectivity index (χ2n) is 5.04. The Morgan fingerprint density at radius 3 is 2.40 bits per heavy atom. The zero-order valence-corrected chi connectivity index (χ0v) is 12.4. The van der Waals surface area contributed by atoms with Gasteiger partial charge in [0.25, 0.3) is 0 Å².